The summed E-state index contributed by atoms with van der Waals surface area (Å²) in [5.41, 5.74) is 2.11. The molecular formula is C12H8BrClFN3O3S. The number of aromatic nitrogens is 1. The number of sulfonamides is 1. The second-order valence-electron chi connectivity index (χ2n) is 4.01. The summed E-state index contributed by atoms with van der Waals surface area (Å²) in [6, 6.07) is 5.85. The summed E-state index contributed by atoms with van der Waals surface area (Å²) >= 11 is 8.73. The second kappa shape index (κ2) is 6.69. The van der Waals surface area contributed by atoms with Crippen LogP contribution in [-0.2, 0) is 10.0 Å². The van der Waals surface area contributed by atoms with E-state index in [-0.39, 0.29) is 15.6 Å². The predicted octanol–water partition coefficient (Wildman–Crippen LogP) is 2.26. The first-order chi connectivity index (χ1) is 10.3. The van der Waals surface area contributed by atoms with Gasteiger partial charge in [0, 0.05) is 11.8 Å². The first-order valence-corrected chi connectivity index (χ1v) is 8.34. The molecule has 1 aromatic heterocycles. The number of nitrogens with one attached hydrogen (secondary N) is 2. The maximum atomic E-state index is 12.8. The zero-order chi connectivity index (χ0) is 16.3. The molecule has 6 nitrogen and oxygen atoms in total. The first kappa shape index (κ1) is 16.8. The minimum absolute atomic E-state index is 0.0968. The van der Waals surface area contributed by atoms with E-state index in [1.807, 2.05) is 10.3 Å². The Morgan fingerprint density at radius 3 is 2.50 bits per heavy atom. The van der Waals surface area contributed by atoms with E-state index in [9.17, 15) is 17.6 Å². The minimum atomic E-state index is -4.02. The quantitative estimate of drug-likeness (QED) is 0.600. The molecule has 0 aliphatic rings. The highest BCUT2D eigenvalue weighted by Gasteiger charge is 2.17. The number of carbonyl (C=O) groups is 1. The molecule has 10 heteroatoms. The molecule has 0 spiro atoms. The zero-order valence-corrected chi connectivity index (χ0v) is 13.8. The lowest BCUT2D eigenvalue weighted by molar-refractivity contribution is 0.0945. The molecule has 2 aromatic rings. The third-order valence-corrected chi connectivity index (χ3v) is 4.84. The average Bonchev–Trinajstić information content (AvgIpc) is 2.48. The van der Waals surface area contributed by atoms with Gasteiger partial charge in [0.15, 0.2) is 0 Å². The zero-order valence-electron chi connectivity index (χ0n) is 10.7. The van der Waals surface area contributed by atoms with Gasteiger partial charge in [-0.2, -0.15) is 0 Å². The van der Waals surface area contributed by atoms with Crippen LogP contribution in [0.1, 0.15) is 10.4 Å². The Labute approximate surface area is 138 Å². The lowest BCUT2D eigenvalue weighted by Gasteiger charge is -2.08. The monoisotopic (exact) mass is 407 g/mol. The maximum Gasteiger partial charge on any atom is 0.266 e. The van der Waals surface area contributed by atoms with Gasteiger partial charge in [-0.05, 0) is 46.3 Å². The summed E-state index contributed by atoms with van der Waals surface area (Å²) in [7, 11) is -4.02. The highest BCUT2D eigenvalue weighted by atomic mass is 79.9. The van der Waals surface area contributed by atoms with Gasteiger partial charge in [0.2, 0.25) is 0 Å². The van der Waals surface area contributed by atoms with Crippen molar-refractivity contribution in [2.24, 2.45) is 0 Å². The van der Waals surface area contributed by atoms with E-state index >= 15 is 0 Å². The van der Waals surface area contributed by atoms with E-state index in [0.717, 1.165) is 18.3 Å². The summed E-state index contributed by atoms with van der Waals surface area (Å²) in [6.07, 6.45) is 1.04. The van der Waals surface area contributed by atoms with Crippen LogP contribution in [0.2, 0.25) is 5.15 Å². The molecule has 1 amide bonds. The highest BCUT2D eigenvalue weighted by Crippen LogP contribution is 2.22. The van der Waals surface area contributed by atoms with Crippen LogP contribution in [0.15, 0.2) is 45.9 Å². The Bertz CT molecular complexity index is 815. The van der Waals surface area contributed by atoms with Crippen molar-refractivity contribution in [3.05, 3.63) is 57.5 Å². The van der Waals surface area contributed by atoms with Gasteiger partial charge in [0.05, 0.1) is 4.47 Å². The van der Waals surface area contributed by atoms with Gasteiger partial charge in [0.1, 0.15) is 15.9 Å². The molecule has 0 radical (unpaired) electrons. The number of hydrazine groups is 1. The van der Waals surface area contributed by atoms with Gasteiger partial charge in [-0.1, -0.05) is 11.6 Å². The molecule has 22 heavy (non-hydrogen) atoms. The topological polar surface area (TPSA) is 88.2 Å². The third-order valence-electron chi connectivity index (χ3n) is 2.49. The van der Waals surface area contributed by atoms with E-state index in [4.69, 9.17) is 11.6 Å². The van der Waals surface area contributed by atoms with Crippen molar-refractivity contribution in [2.45, 2.75) is 4.90 Å². The van der Waals surface area contributed by atoms with Crippen molar-refractivity contribution in [2.75, 3.05) is 0 Å². The van der Waals surface area contributed by atoms with E-state index < -0.39 is 21.7 Å². The number of amides is 1. The molecule has 0 bridgehead atoms. The fourth-order valence-corrected chi connectivity index (χ4v) is 2.81. The van der Waals surface area contributed by atoms with Crippen LogP contribution in [0.4, 0.5) is 4.39 Å². The summed E-state index contributed by atoms with van der Waals surface area (Å²) in [4.78, 5) is 17.2. The Morgan fingerprint density at radius 2 is 1.91 bits per heavy atom. The number of benzene rings is 1. The summed E-state index contributed by atoms with van der Waals surface area (Å²) < 4.78 is 37.0. The van der Waals surface area contributed by atoms with Crippen LogP contribution in [0.3, 0.4) is 0 Å². The molecule has 0 aliphatic carbocycles. The molecule has 0 unspecified atom stereocenters. The second-order valence-corrected chi connectivity index (χ2v) is 6.90. The molecule has 1 heterocycles. The molecule has 0 saturated carbocycles. The number of hydrogen-bond acceptors (Lipinski definition) is 4. The van der Waals surface area contributed by atoms with Crippen molar-refractivity contribution >= 4 is 43.5 Å². The Morgan fingerprint density at radius 1 is 1.27 bits per heavy atom. The van der Waals surface area contributed by atoms with Gasteiger partial charge in [-0.15, -0.1) is 4.83 Å². The third kappa shape index (κ3) is 4.01. The van der Waals surface area contributed by atoms with Gasteiger partial charge in [0.25, 0.3) is 15.9 Å². The summed E-state index contributed by atoms with van der Waals surface area (Å²) in [6.45, 7) is 0. The Hall–Kier alpha value is -1.55. The lowest BCUT2D eigenvalue weighted by Crippen LogP contribution is -2.41. The number of hydrogen-bond donors (Lipinski definition) is 2. The minimum Gasteiger partial charge on any atom is -0.273 e. The first-order valence-electron chi connectivity index (χ1n) is 5.68. The van der Waals surface area contributed by atoms with Gasteiger partial charge in [-0.25, -0.2) is 17.8 Å². The maximum absolute atomic E-state index is 12.8. The summed E-state index contributed by atoms with van der Waals surface area (Å²) in [5, 5.41) is 0.106. The number of carbonyl (C=O) groups excluding carboxylic acids is 1. The van der Waals surface area contributed by atoms with E-state index in [0.29, 0.717) is 4.47 Å². The van der Waals surface area contributed by atoms with Crippen molar-refractivity contribution < 1.29 is 17.6 Å². The molecule has 2 N–H and O–H groups in total. The van der Waals surface area contributed by atoms with Gasteiger partial charge in [-0.3, -0.25) is 10.2 Å². The molecule has 0 fully saturated rings. The largest absolute Gasteiger partial charge is 0.273 e. The fourth-order valence-electron chi connectivity index (χ4n) is 1.40. The van der Waals surface area contributed by atoms with Gasteiger partial charge >= 0.3 is 0 Å². The lowest BCUT2D eigenvalue weighted by atomic mass is 10.2. The van der Waals surface area contributed by atoms with Crippen molar-refractivity contribution in [1.82, 2.24) is 15.2 Å². The standard InChI is InChI=1S/C12H8BrClFN3O3S/c13-10-5-9(6-16-11(10)14)22(20,21)18-17-12(19)7-1-3-8(15)4-2-7/h1-6,18H,(H,17,19). The number of nitrogens with zero attached hydrogens (tertiary/aromatic N) is 1. The average molecular weight is 409 g/mol. The predicted molar refractivity (Wildman–Crippen MR) is 81.1 cm³/mol. The van der Waals surface area contributed by atoms with Crippen LogP contribution in [0.25, 0.3) is 0 Å². The Kier molecular flexibility index (Phi) is 5.12. The van der Waals surface area contributed by atoms with Crippen LogP contribution in [-0.4, -0.2) is 19.3 Å². The number of pyridine rings is 1. The van der Waals surface area contributed by atoms with Crippen molar-refractivity contribution in [3.63, 3.8) is 0 Å². The van der Waals surface area contributed by atoms with Crippen LogP contribution >= 0.6 is 27.5 Å². The summed E-state index contributed by atoms with van der Waals surface area (Å²) in [5.74, 6) is -1.24. The molecule has 0 aliphatic heterocycles. The molecule has 2 rings (SSSR count). The highest BCUT2D eigenvalue weighted by molar-refractivity contribution is 9.10. The van der Waals surface area contributed by atoms with Crippen molar-refractivity contribution in [1.29, 1.82) is 0 Å². The van der Waals surface area contributed by atoms with E-state index in [1.165, 1.54) is 18.2 Å². The fraction of sp³-hybridized carbons (Fsp3) is 0. The van der Waals surface area contributed by atoms with Crippen LogP contribution in [0, 0.1) is 5.82 Å². The van der Waals surface area contributed by atoms with Gasteiger partial charge < -0.3 is 0 Å². The molecular weight excluding hydrogens is 401 g/mol. The van der Waals surface area contributed by atoms with Crippen molar-refractivity contribution in [3.8, 4) is 0 Å². The molecule has 1 aromatic carbocycles. The molecule has 116 valence electrons. The number of halogens is 3. The van der Waals surface area contributed by atoms with E-state index in [1.54, 1.807) is 0 Å². The van der Waals surface area contributed by atoms with Crippen LogP contribution in [0.5, 0.6) is 0 Å². The van der Waals surface area contributed by atoms with E-state index in [2.05, 4.69) is 20.9 Å². The van der Waals surface area contributed by atoms with Crippen LogP contribution < -0.4 is 10.3 Å². The smallest absolute Gasteiger partial charge is 0.266 e. The number of rotatable bonds is 4. The normalized spacial score (nSPS) is 11.2. The SMILES string of the molecule is O=C(NNS(=O)(=O)c1cnc(Cl)c(Br)c1)c1ccc(F)cc1. The molecule has 0 atom stereocenters. The molecule has 0 saturated heterocycles. The Balaban J connectivity index is 2.10.